The Morgan fingerprint density at radius 3 is 2.51 bits per heavy atom. The van der Waals surface area contributed by atoms with Gasteiger partial charge in [0.05, 0.1) is 18.1 Å². The summed E-state index contributed by atoms with van der Waals surface area (Å²) in [5, 5.41) is 0. The molecule has 4 bridgehead atoms. The van der Waals surface area contributed by atoms with E-state index >= 15 is 0 Å². The molecule has 9 heteroatoms. The molecule has 0 aromatic carbocycles. The molecule has 0 aromatic rings. The lowest BCUT2D eigenvalue weighted by molar-refractivity contribution is -0.220. The average Bonchev–Trinajstić information content (AvgIpc) is 3.49. The van der Waals surface area contributed by atoms with Crippen LogP contribution >= 0.6 is 0 Å². The van der Waals surface area contributed by atoms with Crippen LogP contribution in [-0.2, 0) is 38.1 Å². The minimum absolute atomic E-state index is 0.0204. The van der Waals surface area contributed by atoms with Crippen LogP contribution in [0.3, 0.4) is 0 Å². The number of rotatable bonds is 12. The molecule has 3 fully saturated rings. The molecule has 0 aromatic heterocycles. The number of fused-ring (bicyclic) bond motifs is 2. The molecule has 0 spiro atoms. The Morgan fingerprint density at radius 2 is 1.88 bits per heavy atom. The number of carbonyl (C=O) groups excluding carboxylic acids is 3. The number of esters is 2. The molecular formula is C34H52O8Si. The monoisotopic (exact) mass is 616 g/mol. The van der Waals surface area contributed by atoms with Crippen molar-refractivity contribution in [3.8, 4) is 0 Å². The van der Waals surface area contributed by atoms with Gasteiger partial charge in [-0.2, -0.15) is 0 Å². The zero-order valence-corrected chi connectivity index (χ0v) is 28.4. The Morgan fingerprint density at radius 1 is 1.14 bits per heavy atom. The van der Waals surface area contributed by atoms with Crippen LogP contribution in [-0.4, -0.2) is 64.8 Å². The van der Waals surface area contributed by atoms with Crippen molar-refractivity contribution >= 4 is 26.3 Å². The summed E-state index contributed by atoms with van der Waals surface area (Å²) in [5.41, 5.74) is -1.56. The normalized spacial score (nSPS) is 41.2. The minimum atomic E-state index is -1.30. The molecule has 0 amide bonds. The molecule has 5 rings (SSSR count). The number of aldehydes is 1. The Kier molecular flexibility index (Phi) is 8.97. The van der Waals surface area contributed by atoms with Gasteiger partial charge in [0.25, 0.3) is 0 Å². The van der Waals surface area contributed by atoms with Crippen molar-refractivity contribution in [2.75, 3.05) is 20.0 Å². The Labute approximate surface area is 258 Å². The van der Waals surface area contributed by atoms with Gasteiger partial charge < -0.3 is 28.5 Å². The van der Waals surface area contributed by atoms with Crippen molar-refractivity contribution in [1.29, 1.82) is 0 Å². The van der Waals surface area contributed by atoms with E-state index in [1.807, 2.05) is 13.0 Å². The molecule has 1 aliphatic heterocycles. The van der Waals surface area contributed by atoms with E-state index in [2.05, 4.69) is 46.5 Å². The van der Waals surface area contributed by atoms with Crippen LogP contribution in [0.5, 0.6) is 0 Å². The van der Waals surface area contributed by atoms with E-state index < -0.39 is 36.7 Å². The fourth-order valence-corrected chi connectivity index (χ4v) is 10.4. The largest absolute Gasteiger partial charge is 0.456 e. The second-order valence-corrected chi connectivity index (χ2v) is 21.1. The van der Waals surface area contributed by atoms with E-state index in [-0.39, 0.29) is 49.2 Å². The molecule has 4 aliphatic carbocycles. The first-order chi connectivity index (χ1) is 20.2. The molecular weight excluding hydrogens is 564 g/mol. The van der Waals surface area contributed by atoms with E-state index in [0.29, 0.717) is 24.9 Å². The van der Waals surface area contributed by atoms with Crippen LogP contribution < -0.4 is 0 Å². The van der Waals surface area contributed by atoms with Crippen LogP contribution in [0.1, 0.15) is 60.3 Å². The van der Waals surface area contributed by atoms with Crippen LogP contribution in [0.15, 0.2) is 23.8 Å². The predicted octanol–water partition coefficient (Wildman–Crippen LogP) is 5.93. The van der Waals surface area contributed by atoms with E-state index in [0.717, 1.165) is 37.2 Å². The van der Waals surface area contributed by atoms with Gasteiger partial charge in [-0.15, -0.1) is 0 Å². The molecule has 3 saturated carbocycles. The van der Waals surface area contributed by atoms with E-state index in [9.17, 15) is 14.4 Å². The van der Waals surface area contributed by atoms with Crippen LogP contribution in [0.4, 0.5) is 0 Å². The van der Waals surface area contributed by atoms with Gasteiger partial charge in [-0.05, 0) is 74.0 Å². The van der Waals surface area contributed by atoms with E-state index in [1.54, 1.807) is 6.08 Å². The highest BCUT2D eigenvalue weighted by Crippen LogP contribution is 2.82. The summed E-state index contributed by atoms with van der Waals surface area (Å²) >= 11 is 0. The molecule has 1 heterocycles. The second-order valence-electron chi connectivity index (χ2n) is 15.4. The maximum Gasteiger partial charge on any atom is 0.320 e. The highest BCUT2D eigenvalue weighted by molar-refractivity contribution is 6.76. The van der Waals surface area contributed by atoms with Gasteiger partial charge in [-0.3, -0.25) is 9.59 Å². The fourth-order valence-electron chi connectivity index (χ4n) is 9.59. The lowest BCUT2D eigenvalue weighted by atomic mass is 9.43. The molecule has 240 valence electrons. The second kappa shape index (κ2) is 11.8. The summed E-state index contributed by atoms with van der Waals surface area (Å²) in [6.07, 6.45) is 8.96. The minimum Gasteiger partial charge on any atom is -0.456 e. The Hall–Kier alpha value is -1.81. The first-order valence-electron chi connectivity index (χ1n) is 16.3. The highest BCUT2D eigenvalue weighted by Gasteiger charge is 2.84. The van der Waals surface area contributed by atoms with Crippen molar-refractivity contribution < 1.29 is 38.1 Å². The van der Waals surface area contributed by atoms with Crippen molar-refractivity contribution in [3.05, 3.63) is 23.8 Å². The quantitative estimate of drug-likeness (QED) is 0.0665. The number of carbonyl (C=O) groups is 3. The first-order valence-corrected chi connectivity index (χ1v) is 20.0. The van der Waals surface area contributed by atoms with Crippen molar-refractivity contribution in [2.24, 2.45) is 45.8 Å². The van der Waals surface area contributed by atoms with Crippen molar-refractivity contribution in [3.63, 3.8) is 0 Å². The summed E-state index contributed by atoms with van der Waals surface area (Å²) < 4.78 is 30.0. The third kappa shape index (κ3) is 5.20. The highest BCUT2D eigenvalue weighted by atomic mass is 28.3. The fraction of sp³-hybridized carbons (Fsp3) is 0.794. The molecule has 8 nitrogen and oxygen atoms in total. The predicted molar refractivity (Wildman–Crippen MR) is 164 cm³/mol. The topological polar surface area (TPSA) is 97.4 Å². The van der Waals surface area contributed by atoms with Gasteiger partial charge in [-0.1, -0.05) is 58.5 Å². The molecule has 10 atom stereocenters. The maximum absolute atomic E-state index is 14.8. The van der Waals surface area contributed by atoms with Crippen LogP contribution in [0.25, 0.3) is 0 Å². The average molecular weight is 617 g/mol. The SMILES string of the molecule is CC(=O)O[C@H]1C=C[C@H](OC[C@@]23C[C@@H]4[C@H](C)CC[C@H]4[C@@]4(C=O)C[C@H]2C=C(C(C)C)[C@@]34C(=O)OCOCC[Si](C)(C)C)O[C@@H]1C. The first kappa shape index (κ1) is 32.6. The Bertz CT molecular complexity index is 1160. The molecule has 0 N–H and O–H groups in total. The summed E-state index contributed by atoms with van der Waals surface area (Å²) in [5.74, 6) is 0.326. The summed E-state index contributed by atoms with van der Waals surface area (Å²) in [7, 11) is -1.30. The van der Waals surface area contributed by atoms with E-state index in [1.165, 1.54) is 6.92 Å². The van der Waals surface area contributed by atoms with Gasteiger partial charge >= 0.3 is 11.9 Å². The van der Waals surface area contributed by atoms with Gasteiger partial charge in [0.15, 0.2) is 13.1 Å². The van der Waals surface area contributed by atoms with Crippen molar-refractivity contribution in [2.45, 2.75) is 104 Å². The smallest absolute Gasteiger partial charge is 0.320 e. The summed E-state index contributed by atoms with van der Waals surface area (Å²) in [6, 6.07) is 0.984. The molecule has 0 unspecified atom stereocenters. The Balaban J connectivity index is 1.49. The van der Waals surface area contributed by atoms with Gasteiger partial charge in [0.1, 0.15) is 17.8 Å². The lowest BCUT2D eigenvalue weighted by Crippen LogP contribution is -2.64. The zero-order chi connectivity index (χ0) is 31.4. The number of allylic oxidation sites excluding steroid dienone is 1. The zero-order valence-electron chi connectivity index (χ0n) is 27.4. The lowest BCUT2D eigenvalue weighted by Gasteiger charge is -2.59. The van der Waals surface area contributed by atoms with Crippen molar-refractivity contribution in [1.82, 2.24) is 0 Å². The summed E-state index contributed by atoms with van der Waals surface area (Å²) in [6.45, 7) is 17.3. The molecule has 0 saturated heterocycles. The van der Waals surface area contributed by atoms with Crippen LogP contribution in [0.2, 0.25) is 25.7 Å². The van der Waals surface area contributed by atoms with Gasteiger partial charge in [0.2, 0.25) is 0 Å². The molecule has 5 aliphatic rings. The molecule has 0 radical (unpaired) electrons. The van der Waals surface area contributed by atoms with E-state index in [4.69, 9.17) is 23.7 Å². The number of hydrogen-bond donors (Lipinski definition) is 0. The third-order valence-electron chi connectivity index (χ3n) is 11.5. The summed E-state index contributed by atoms with van der Waals surface area (Å²) in [4.78, 5) is 39.9. The van der Waals surface area contributed by atoms with Gasteiger partial charge in [0, 0.05) is 27.0 Å². The van der Waals surface area contributed by atoms with Gasteiger partial charge in [-0.25, -0.2) is 0 Å². The van der Waals surface area contributed by atoms with Crippen LogP contribution in [0, 0.1) is 45.8 Å². The third-order valence-corrected chi connectivity index (χ3v) is 13.2. The molecule has 43 heavy (non-hydrogen) atoms. The standard InChI is InChI=1S/C34H52O8Si/c1-21(2)28-15-25-16-32(18-35)27-10-9-22(3)26(27)17-33(25,19-39-30-12-11-29(23(4)41-30)42-24(5)36)34(28,32)31(37)40-20-38-13-14-43(6,7)8/h11-12,15,18,21-23,25-27,29-30H,9-10,13-14,16-17,19-20H2,1-8H3/t22-,23-,25-,26-,27-,29+,30-,32+,33+,34+/m1/s1. The maximum atomic E-state index is 14.8. The number of ether oxygens (including phenoxy) is 5. The number of hydrogen-bond acceptors (Lipinski definition) is 8.